The highest BCUT2D eigenvalue weighted by atomic mass is 79.9. The van der Waals surface area contributed by atoms with Crippen LogP contribution >= 0.6 is 15.9 Å². The first-order valence-corrected chi connectivity index (χ1v) is 6.55. The molecule has 4 heteroatoms. The topological polar surface area (TPSA) is 52.9 Å². The Hall–Kier alpha value is -1.34. The van der Waals surface area contributed by atoms with Gasteiger partial charge in [0.25, 0.3) is 5.91 Å². The van der Waals surface area contributed by atoms with Gasteiger partial charge < -0.3 is 5.32 Å². The molecule has 0 aliphatic carbocycles. The van der Waals surface area contributed by atoms with E-state index >= 15 is 0 Å². The number of nitrogens with one attached hydrogen (secondary N) is 1. The maximum atomic E-state index is 12.0. The molecule has 1 atom stereocenters. The maximum Gasteiger partial charge on any atom is 0.251 e. The molecular formula is C13H15BrN2O. The van der Waals surface area contributed by atoms with Crippen LogP contribution in [-0.4, -0.2) is 16.8 Å². The van der Waals surface area contributed by atoms with E-state index in [-0.39, 0.29) is 11.4 Å². The molecule has 90 valence electrons. The predicted molar refractivity (Wildman–Crippen MR) is 71.1 cm³/mol. The fourth-order valence-electron chi connectivity index (χ4n) is 1.29. The highest BCUT2D eigenvalue weighted by Gasteiger charge is 2.23. The van der Waals surface area contributed by atoms with Crippen molar-refractivity contribution in [3.05, 3.63) is 35.4 Å². The van der Waals surface area contributed by atoms with Crippen LogP contribution in [0.25, 0.3) is 0 Å². The van der Waals surface area contributed by atoms with Crippen molar-refractivity contribution in [2.75, 3.05) is 5.33 Å². The van der Waals surface area contributed by atoms with Crippen molar-refractivity contribution in [2.45, 2.75) is 25.8 Å². The standard InChI is InChI=1S/C13H15BrN2O/c1-3-13(2,9-14)16-12(17)11-6-4-5-10(7-11)8-15/h4-7H,3,9H2,1-2H3,(H,16,17). The first-order valence-electron chi connectivity index (χ1n) is 5.43. The van der Waals surface area contributed by atoms with E-state index < -0.39 is 0 Å². The quantitative estimate of drug-likeness (QED) is 0.868. The highest BCUT2D eigenvalue weighted by Crippen LogP contribution is 2.14. The molecule has 1 aromatic carbocycles. The summed E-state index contributed by atoms with van der Waals surface area (Å²) in [6, 6.07) is 8.72. The SMILES string of the molecule is CCC(C)(CBr)NC(=O)c1cccc(C#N)c1. The zero-order valence-corrected chi connectivity index (χ0v) is 11.5. The number of hydrogen-bond donors (Lipinski definition) is 1. The molecule has 0 aromatic heterocycles. The average molecular weight is 295 g/mol. The lowest BCUT2D eigenvalue weighted by Crippen LogP contribution is -2.46. The van der Waals surface area contributed by atoms with Crippen molar-refractivity contribution >= 4 is 21.8 Å². The Kier molecular flexibility index (Phi) is 4.71. The van der Waals surface area contributed by atoms with Crippen LogP contribution in [0.4, 0.5) is 0 Å². The van der Waals surface area contributed by atoms with Crippen LogP contribution in [0, 0.1) is 11.3 Å². The molecule has 0 heterocycles. The molecule has 0 aliphatic rings. The number of carbonyl (C=O) groups excluding carboxylic acids is 1. The van der Waals surface area contributed by atoms with Gasteiger partial charge in [0, 0.05) is 16.4 Å². The van der Waals surface area contributed by atoms with Crippen LogP contribution in [0.1, 0.15) is 36.2 Å². The van der Waals surface area contributed by atoms with Gasteiger partial charge in [0.1, 0.15) is 0 Å². The second kappa shape index (κ2) is 5.83. The Balaban J connectivity index is 2.87. The molecule has 1 N–H and O–H groups in total. The summed E-state index contributed by atoms with van der Waals surface area (Å²) in [6.45, 7) is 4.00. The molecule has 0 spiro atoms. The summed E-state index contributed by atoms with van der Waals surface area (Å²) in [5, 5.41) is 12.4. The van der Waals surface area contributed by atoms with Gasteiger partial charge in [-0.2, -0.15) is 5.26 Å². The largest absolute Gasteiger partial charge is 0.346 e. The fraction of sp³-hybridized carbons (Fsp3) is 0.385. The Morgan fingerprint density at radius 2 is 2.29 bits per heavy atom. The smallest absolute Gasteiger partial charge is 0.251 e. The van der Waals surface area contributed by atoms with Crippen LogP contribution in [0.15, 0.2) is 24.3 Å². The van der Waals surface area contributed by atoms with E-state index in [0.717, 1.165) is 6.42 Å². The molecule has 1 rings (SSSR count). The zero-order chi connectivity index (χ0) is 12.9. The van der Waals surface area contributed by atoms with E-state index in [9.17, 15) is 4.79 Å². The van der Waals surface area contributed by atoms with E-state index in [4.69, 9.17) is 5.26 Å². The van der Waals surface area contributed by atoms with Crippen LogP contribution < -0.4 is 5.32 Å². The zero-order valence-electron chi connectivity index (χ0n) is 9.96. The van der Waals surface area contributed by atoms with Crippen molar-refractivity contribution < 1.29 is 4.79 Å². The lowest BCUT2D eigenvalue weighted by molar-refractivity contribution is 0.0913. The summed E-state index contributed by atoms with van der Waals surface area (Å²) in [6.07, 6.45) is 0.835. The minimum atomic E-state index is -0.264. The molecule has 17 heavy (non-hydrogen) atoms. The molecule has 0 fully saturated rings. The summed E-state index contributed by atoms with van der Waals surface area (Å²) >= 11 is 3.39. The second-order valence-corrected chi connectivity index (χ2v) is 4.76. The van der Waals surface area contributed by atoms with Gasteiger partial charge in [-0.1, -0.05) is 28.9 Å². The molecule has 0 saturated carbocycles. The first-order chi connectivity index (χ1) is 8.04. The summed E-state index contributed by atoms with van der Waals surface area (Å²) in [4.78, 5) is 12.0. The number of rotatable bonds is 4. The molecular weight excluding hydrogens is 280 g/mol. The summed E-state index contributed by atoms with van der Waals surface area (Å²) < 4.78 is 0. The lowest BCUT2D eigenvalue weighted by atomic mass is 10.0. The Labute approximate surface area is 110 Å². The molecule has 3 nitrogen and oxygen atoms in total. The van der Waals surface area contributed by atoms with Crippen LogP contribution in [-0.2, 0) is 0 Å². The molecule has 1 unspecified atom stereocenters. The van der Waals surface area contributed by atoms with Gasteiger partial charge in [-0.3, -0.25) is 4.79 Å². The van der Waals surface area contributed by atoms with Crippen molar-refractivity contribution in [1.82, 2.24) is 5.32 Å². The third-order valence-electron chi connectivity index (χ3n) is 2.74. The Bertz CT molecular complexity index is 447. The molecule has 1 amide bonds. The van der Waals surface area contributed by atoms with Crippen molar-refractivity contribution in [3.63, 3.8) is 0 Å². The van der Waals surface area contributed by atoms with E-state index in [1.54, 1.807) is 24.3 Å². The highest BCUT2D eigenvalue weighted by molar-refractivity contribution is 9.09. The Morgan fingerprint density at radius 1 is 1.59 bits per heavy atom. The van der Waals surface area contributed by atoms with Crippen molar-refractivity contribution in [3.8, 4) is 6.07 Å². The van der Waals surface area contributed by atoms with Crippen LogP contribution in [0.5, 0.6) is 0 Å². The van der Waals surface area contributed by atoms with Crippen molar-refractivity contribution in [2.24, 2.45) is 0 Å². The minimum absolute atomic E-state index is 0.147. The average Bonchev–Trinajstić information content (AvgIpc) is 2.38. The maximum absolute atomic E-state index is 12.0. The van der Waals surface area contributed by atoms with Crippen molar-refractivity contribution in [1.29, 1.82) is 5.26 Å². The number of alkyl halides is 1. The summed E-state index contributed by atoms with van der Waals surface area (Å²) in [7, 11) is 0. The predicted octanol–water partition coefficient (Wildman–Crippen LogP) is 2.85. The number of nitriles is 1. The van der Waals surface area contributed by atoms with Crippen LogP contribution in [0.3, 0.4) is 0 Å². The third kappa shape index (κ3) is 3.57. The number of amides is 1. The lowest BCUT2D eigenvalue weighted by Gasteiger charge is -2.27. The second-order valence-electron chi connectivity index (χ2n) is 4.19. The number of halogens is 1. The van der Waals surface area contributed by atoms with Gasteiger partial charge in [0.05, 0.1) is 11.6 Å². The van der Waals surface area contributed by atoms with Gasteiger partial charge in [-0.15, -0.1) is 0 Å². The van der Waals surface area contributed by atoms with Gasteiger partial charge >= 0.3 is 0 Å². The number of nitrogens with zero attached hydrogens (tertiary/aromatic N) is 1. The van der Waals surface area contributed by atoms with E-state index in [1.165, 1.54) is 0 Å². The van der Waals surface area contributed by atoms with E-state index in [1.807, 2.05) is 19.9 Å². The fourth-order valence-corrected chi connectivity index (χ4v) is 1.83. The van der Waals surface area contributed by atoms with Gasteiger partial charge in [-0.25, -0.2) is 0 Å². The minimum Gasteiger partial charge on any atom is -0.346 e. The van der Waals surface area contributed by atoms with E-state index in [2.05, 4.69) is 21.2 Å². The third-order valence-corrected chi connectivity index (χ3v) is 3.98. The molecule has 1 aromatic rings. The normalized spacial score (nSPS) is 13.5. The van der Waals surface area contributed by atoms with E-state index in [0.29, 0.717) is 16.5 Å². The molecule has 0 saturated heterocycles. The van der Waals surface area contributed by atoms with Gasteiger partial charge in [0.2, 0.25) is 0 Å². The number of hydrogen-bond acceptors (Lipinski definition) is 2. The summed E-state index contributed by atoms with van der Waals surface area (Å²) in [5.41, 5.74) is 0.749. The molecule has 0 bridgehead atoms. The number of carbonyl (C=O) groups is 1. The molecule has 0 aliphatic heterocycles. The van der Waals surface area contributed by atoms with Gasteiger partial charge in [0.15, 0.2) is 0 Å². The molecule has 0 radical (unpaired) electrons. The summed E-state index contributed by atoms with van der Waals surface area (Å²) in [5.74, 6) is -0.147. The monoisotopic (exact) mass is 294 g/mol. The Morgan fingerprint density at radius 3 is 2.82 bits per heavy atom. The van der Waals surface area contributed by atoms with Crippen LogP contribution in [0.2, 0.25) is 0 Å². The van der Waals surface area contributed by atoms with Gasteiger partial charge in [-0.05, 0) is 31.5 Å². The first kappa shape index (κ1) is 13.7. The number of benzene rings is 1.